The number of rotatable bonds is 9. The van der Waals surface area contributed by atoms with Crippen molar-refractivity contribution in [3.05, 3.63) is 24.3 Å². The van der Waals surface area contributed by atoms with Crippen LogP contribution in [0.3, 0.4) is 0 Å². The van der Waals surface area contributed by atoms with Gasteiger partial charge in [0, 0.05) is 0 Å². The summed E-state index contributed by atoms with van der Waals surface area (Å²) in [6.07, 6.45) is 2.19. The van der Waals surface area contributed by atoms with Gasteiger partial charge in [-0.05, 0) is 51.9 Å². The van der Waals surface area contributed by atoms with E-state index in [9.17, 15) is 4.79 Å². The Kier molecular flexibility index (Phi) is 7.83. The number of para-hydroxylation sites is 2. The van der Waals surface area contributed by atoms with Crippen LogP contribution < -0.4 is 10.1 Å². The van der Waals surface area contributed by atoms with Crippen LogP contribution in [0.4, 0.5) is 5.69 Å². The lowest BCUT2D eigenvalue weighted by molar-refractivity contribution is -0.117. The van der Waals surface area contributed by atoms with Gasteiger partial charge in [-0.2, -0.15) is 0 Å². The van der Waals surface area contributed by atoms with Crippen molar-refractivity contribution in [3.8, 4) is 5.75 Å². The summed E-state index contributed by atoms with van der Waals surface area (Å²) in [5.74, 6) is 0.732. The quantitative estimate of drug-likeness (QED) is 0.757. The maximum Gasteiger partial charge on any atom is 0.238 e. The smallest absolute Gasteiger partial charge is 0.238 e. The standard InChI is InChI=1S/C17H28N2O2/c1-5-11-19(12-6-2)13-17(20)18-15-9-7-8-10-16(15)21-14(3)4/h7-10,14H,5-6,11-13H2,1-4H3,(H,18,20). The number of anilines is 1. The molecule has 21 heavy (non-hydrogen) atoms. The zero-order valence-corrected chi connectivity index (χ0v) is 13.7. The van der Waals surface area contributed by atoms with Crippen LogP contribution in [0, 0.1) is 0 Å². The van der Waals surface area contributed by atoms with Crippen molar-refractivity contribution in [1.29, 1.82) is 0 Å². The molecule has 0 fully saturated rings. The number of amides is 1. The fourth-order valence-electron chi connectivity index (χ4n) is 2.22. The number of nitrogens with one attached hydrogen (secondary N) is 1. The van der Waals surface area contributed by atoms with Crippen LogP contribution in [0.2, 0.25) is 0 Å². The van der Waals surface area contributed by atoms with E-state index < -0.39 is 0 Å². The first-order valence-electron chi connectivity index (χ1n) is 7.84. The highest BCUT2D eigenvalue weighted by Gasteiger charge is 2.12. The molecule has 1 aromatic carbocycles. The summed E-state index contributed by atoms with van der Waals surface area (Å²) in [4.78, 5) is 14.4. The molecule has 4 heteroatoms. The van der Waals surface area contributed by atoms with Crippen molar-refractivity contribution >= 4 is 11.6 Å². The molecule has 0 aliphatic heterocycles. The van der Waals surface area contributed by atoms with Crippen molar-refractivity contribution in [2.75, 3.05) is 25.0 Å². The molecule has 0 aromatic heterocycles. The summed E-state index contributed by atoms with van der Waals surface area (Å²) in [6, 6.07) is 7.57. The lowest BCUT2D eigenvalue weighted by Gasteiger charge is -2.21. The first kappa shape index (κ1) is 17.5. The van der Waals surface area contributed by atoms with E-state index in [1.165, 1.54) is 0 Å². The highest BCUT2D eigenvalue weighted by atomic mass is 16.5. The van der Waals surface area contributed by atoms with Gasteiger partial charge in [0.25, 0.3) is 0 Å². The maximum absolute atomic E-state index is 12.2. The van der Waals surface area contributed by atoms with Crippen LogP contribution >= 0.6 is 0 Å². The predicted octanol–water partition coefficient (Wildman–Crippen LogP) is 3.53. The molecular formula is C17H28N2O2. The topological polar surface area (TPSA) is 41.6 Å². The fourth-order valence-corrected chi connectivity index (χ4v) is 2.22. The molecule has 0 saturated heterocycles. The molecule has 1 rings (SSSR count). The summed E-state index contributed by atoms with van der Waals surface area (Å²) in [7, 11) is 0. The van der Waals surface area contributed by atoms with E-state index >= 15 is 0 Å². The zero-order valence-electron chi connectivity index (χ0n) is 13.7. The third kappa shape index (κ3) is 6.63. The van der Waals surface area contributed by atoms with Crippen molar-refractivity contribution in [3.63, 3.8) is 0 Å². The van der Waals surface area contributed by atoms with E-state index in [0.29, 0.717) is 6.54 Å². The van der Waals surface area contributed by atoms with Gasteiger partial charge in [-0.3, -0.25) is 9.69 Å². The fraction of sp³-hybridized carbons (Fsp3) is 0.588. The summed E-state index contributed by atoms with van der Waals surface area (Å²) >= 11 is 0. The van der Waals surface area contributed by atoms with E-state index in [2.05, 4.69) is 24.1 Å². The van der Waals surface area contributed by atoms with Crippen LogP contribution in [0.25, 0.3) is 0 Å². The summed E-state index contributed by atoms with van der Waals surface area (Å²) < 4.78 is 5.72. The first-order chi connectivity index (χ1) is 10.1. The van der Waals surface area contributed by atoms with E-state index in [0.717, 1.165) is 37.4 Å². The van der Waals surface area contributed by atoms with Gasteiger partial charge >= 0.3 is 0 Å². The monoisotopic (exact) mass is 292 g/mol. The molecule has 0 bridgehead atoms. The second-order valence-corrected chi connectivity index (χ2v) is 5.49. The van der Waals surface area contributed by atoms with Crippen molar-refractivity contribution in [2.45, 2.75) is 46.6 Å². The molecule has 118 valence electrons. The second-order valence-electron chi connectivity index (χ2n) is 5.49. The van der Waals surface area contributed by atoms with E-state index in [1.54, 1.807) is 0 Å². The Balaban J connectivity index is 2.65. The number of carbonyl (C=O) groups excluding carboxylic acids is 1. The summed E-state index contributed by atoms with van der Waals surface area (Å²) in [6.45, 7) is 10.5. The molecule has 0 saturated carbocycles. The average molecular weight is 292 g/mol. The van der Waals surface area contributed by atoms with Crippen LogP contribution in [-0.4, -0.2) is 36.5 Å². The van der Waals surface area contributed by atoms with Crippen LogP contribution in [0.15, 0.2) is 24.3 Å². The van der Waals surface area contributed by atoms with Gasteiger partial charge in [-0.1, -0.05) is 26.0 Å². The van der Waals surface area contributed by atoms with E-state index in [-0.39, 0.29) is 12.0 Å². The van der Waals surface area contributed by atoms with E-state index in [4.69, 9.17) is 4.74 Å². The number of hydrogen-bond donors (Lipinski definition) is 1. The lowest BCUT2D eigenvalue weighted by atomic mass is 10.2. The molecule has 0 aliphatic carbocycles. The predicted molar refractivity (Wildman–Crippen MR) is 87.9 cm³/mol. The average Bonchev–Trinajstić information content (AvgIpc) is 2.41. The lowest BCUT2D eigenvalue weighted by Crippen LogP contribution is -2.34. The Labute approximate surface area is 128 Å². The molecule has 0 radical (unpaired) electrons. The molecule has 1 aromatic rings. The first-order valence-corrected chi connectivity index (χ1v) is 7.84. The van der Waals surface area contributed by atoms with Crippen molar-refractivity contribution in [1.82, 2.24) is 4.90 Å². The van der Waals surface area contributed by atoms with Crippen molar-refractivity contribution in [2.24, 2.45) is 0 Å². The Morgan fingerprint density at radius 2 is 1.81 bits per heavy atom. The third-order valence-corrected chi connectivity index (χ3v) is 2.97. The Morgan fingerprint density at radius 1 is 1.19 bits per heavy atom. The molecule has 1 N–H and O–H groups in total. The highest BCUT2D eigenvalue weighted by Crippen LogP contribution is 2.24. The van der Waals surface area contributed by atoms with Gasteiger partial charge in [0.05, 0.1) is 18.3 Å². The number of ether oxygens (including phenoxy) is 1. The maximum atomic E-state index is 12.2. The molecule has 4 nitrogen and oxygen atoms in total. The SMILES string of the molecule is CCCN(CCC)CC(=O)Nc1ccccc1OC(C)C. The Morgan fingerprint density at radius 3 is 2.38 bits per heavy atom. The van der Waals surface area contributed by atoms with Gasteiger partial charge in [0.1, 0.15) is 5.75 Å². The molecule has 0 aliphatic rings. The third-order valence-electron chi connectivity index (χ3n) is 2.97. The van der Waals surface area contributed by atoms with Crippen LogP contribution in [-0.2, 0) is 4.79 Å². The summed E-state index contributed by atoms with van der Waals surface area (Å²) in [5.41, 5.74) is 0.740. The van der Waals surface area contributed by atoms with Crippen LogP contribution in [0.5, 0.6) is 5.75 Å². The summed E-state index contributed by atoms with van der Waals surface area (Å²) in [5, 5.41) is 2.96. The Bertz CT molecular complexity index is 427. The number of nitrogens with zero attached hydrogens (tertiary/aromatic N) is 1. The van der Waals surface area contributed by atoms with Crippen LogP contribution in [0.1, 0.15) is 40.5 Å². The normalized spacial score (nSPS) is 11.0. The number of carbonyl (C=O) groups is 1. The highest BCUT2D eigenvalue weighted by molar-refractivity contribution is 5.93. The van der Waals surface area contributed by atoms with E-state index in [1.807, 2.05) is 38.1 Å². The zero-order chi connectivity index (χ0) is 15.7. The second kappa shape index (κ2) is 9.40. The largest absolute Gasteiger partial charge is 0.489 e. The number of benzene rings is 1. The van der Waals surface area contributed by atoms with Gasteiger partial charge in [-0.25, -0.2) is 0 Å². The van der Waals surface area contributed by atoms with Gasteiger partial charge in [-0.15, -0.1) is 0 Å². The van der Waals surface area contributed by atoms with Gasteiger partial charge in [0.2, 0.25) is 5.91 Å². The molecule has 1 amide bonds. The molecule has 0 unspecified atom stereocenters. The minimum atomic E-state index is 0.0108. The minimum absolute atomic E-state index is 0.0108. The molecular weight excluding hydrogens is 264 g/mol. The van der Waals surface area contributed by atoms with Crippen molar-refractivity contribution < 1.29 is 9.53 Å². The van der Waals surface area contributed by atoms with Gasteiger partial charge < -0.3 is 10.1 Å². The Hall–Kier alpha value is -1.55. The molecule has 0 heterocycles. The minimum Gasteiger partial charge on any atom is -0.489 e. The molecule has 0 spiro atoms. The molecule has 0 atom stereocenters. The number of hydrogen-bond acceptors (Lipinski definition) is 3. The van der Waals surface area contributed by atoms with Gasteiger partial charge in [0.15, 0.2) is 0 Å².